The number of rotatable bonds is 10. The molecule has 0 radical (unpaired) electrons. The van der Waals surface area contributed by atoms with Crippen LogP contribution in [0.2, 0.25) is 0 Å². The Labute approximate surface area is 204 Å². The summed E-state index contributed by atoms with van der Waals surface area (Å²) in [4.78, 5) is 4.89. The van der Waals surface area contributed by atoms with E-state index in [1.165, 1.54) is 16.7 Å². The number of hydrogen-bond acceptors (Lipinski definition) is 6. The maximum Gasteiger partial charge on any atom is 0.122 e. The van der Waals surface area contributed by atoms with Crippen molar-refractivity contribution in [1.82, 2.24) is 9.80 Å². The molecule has 2 aliphatic rings. The van der Waals surface area contributed by atoms with Gasteiger partial charge in [0, 0.05) is 46.4 Å². The number of ether oxygens (including phenoxy) is 4. The second-order valence-corrected chi connectivity index (χ2v) is 9.67. The minimum absolute atomic E-state index is 0.216. The van der Waals surface area contributed by atoms with Crippen LogP contribution >= 0.6 is 0 Å². The molecule has 6 heteroatoms. The van der Waals surface area contributed by atoms with E-state index in [2.05, 4.69) is 66.1 Å². The maximum atomic E-state index is 6.20. The number of hydrogen-bond donors (Lipinski definition) is 0. The lowest BCUT2D eigenvalue weighted by atomic mass is 9.91. The normalized spacial score (nSPS) is 19.1. The zero-order chi connectivity index (χ0) is 23.8. The SMILES string of the molecule is COC1(COc2ccc(C)cc2C)CCN(Cc2ccc(OCCN3CCOCC3)cc2)CC1. The lowest BCUT2D eigenvalue weighted by Crippen LogP contribution is -2.48. The van der Waals surface area contributed by atoms with E-state index >= 15 is 0 Å². The highest BCUT2D eigenvalue weighted by atomic mass is 16.5. The van der Waals surface area contributed by atoms with E-state index in [9.17, 15) is 0 Å². The molecule has 34 heavy (non-hydrogen) atoms. The van der Waals surface area contributed by atoms with E-state index in [-0.39, 0.29) is 5.60 Å². The summed E-state index contributed by atoms with van der Waals surface area (Å²) in [6.07, 6.45) is 1.94. The number of aryl methyl sites for hydroxylation is 2. The van der Waals surface area contributed by atoms with Gasteiger partial charge in [0.15, 0.2) is 0 Å². The van der Waals surface area contributed by atoms with Crippen LogP contribution in [0, 0.1) is 13.8 Å². The van der Waals surface area contributed by atoms with Crippen molar-refractivity contribution in [3.05, 3.63) is 59.2 Å². The molecule has 186 valence electrons. The van der Waals surface area contributed by atoms with Crippen LogP contribution in [0.15, 0.2) is 42.5 Å². The number of methoxy groups -OCH3 is 1. The van der Waals surface area contributed by atoms with Gasteiger partial charge in [-0.2, -0.15) is 0 Å². The Morgan fingerprint density at radius 3 is 2.29 bits per heavy atom. The van der Waals surface area contributed by atoms with Crippen LogP contribution in [-0.4, -0.2) is 81.7 Å². The van der Waals surface area contributed by atoms with Gasteiger partial charge < -0.3 is 18.9 Å². The Morgan fingerprint density at radius 1 is 0.882 bits per heavy atom. The van der Waals surface area contributed by atoms with Crippen molar-refractivity contribution in [3.8, 4) is 11.5 Å². The molecule has 0 saturated carbocycles. The number of nitrogens with zero attached hydrogens (tertiary/aromatic N) is 2. The number of benzene rings is 2. The number of piperidine rings is 1. The van der Waals surface area contributed by atoms with Crippen LogP contribution in [0.25, 0.3) is 0 Å². The zero-order valence-electron chi connectivity index (χ0n) is 21.1. The molecule has 2 saturated heterocycles. The summed E-state index contributed by atoms with van der Waals surface area (Å²) in [6.45, 7) is 13.1. The van der Waals surface area contributed by atoms with Crippen molar-refractivity contribution >= 4 is 0 Å². The summed E-state index contributed by atoms with van der Waals surface area (Å²) >= 11 is 0. The molecule has 6 nitrogen and oxygen atoms in total. The van der Waals surface area contributed by atoms with Crippen molar-refractivity contribution in [2.75, 3.05) is 66.3 Å². The third-order valence-corrected chi connectivity index (χ3v) is 7.13. The fraction of sp³-hybridized carbons (Fsp3) is 0.571. The van der Waals surface area contributed by atoms with Crippen molar-refractivity contribution < 1.29 is 18.9 Å². The Kier molecular flexibility index (Phi) is 8.84. The van der Waals surface area contributed by atoms with Gasteiger partial charge in [-0.1, -0.05) is 29.8 Å². The molecule has 2 heterocycles. The fourth-order valence-corrected chi connectivity index (χ4v) is 4.76. The Morgan fingerprint density at radius 2 is 1.62 bits per heavy atom. The van der Waals surface area contributed by atoms with E-state index < -0.39 is 0 Å². The van der Waals surface area contributed by atoms with Crippen LogP contribution in [0.4, 0.5) is 0 Å². The summed E-state index contributed by atoms with van der Waals surface area (Å²) in [5, 5.41) is 0. The first-order chi connectivity index (χ1) is 16.5. The third kappa shape index (κ3) is 6.95. The molecule has 2 fully saturated rings. The van der Waals surface area contributed by atoms with Gasteiger partial charge in [0.25, 0.3) is 0 Å². The van der Waals surface area contributed by atoms with Gasteiger partial charge in [-0.3, -0.25) is 9.80 Å². The zero-order valence-corrected chi connectivity index (χ0v) is 21.1. The minimum Gasteiger partial charge on any atom is -0.492 e. The monoisotopic (exact) mass is 468 g/mol. The molecule has 2 aromatic rings. The molecule has 0 amide bonds. The van der Waals surface area contributed by atoms with Crippen molar-refractivity contribution in [3.63, 3.8) is 0 Å². The van der Waals surface area contributed by atoms with Gasteiger partial charge in [0.2, 0.25) is 0 Å². The average molecular weight is 469 g/mol. The summed E-state index contributed by atoms with van der Waals surface area (Å²) in [5.41, 5.74) is 3.54. The number of morpholine rings is 1. The molecule has 0 unspecified atom stereocenters. The van der Waals surface area contributed by atoms with Crippen molar-refractivity contribution in [2.45, 2.75) is 38.8 Å². The van der Waals surface area contributed by atoms with Gasteiger partial charge in [-0.15, -0.1) is 0 Å². The van der Waals surface area contributed by atoms with E-state index in [1.54, 1.807) is 0 Å². The molecule has 0 spiro atoms. The topological polar surface area (TPSA) is 43.4 Å². The summed E-state index contributed by atoms with van der Waals surface area (Å²) < 4.78 is 23.5. The summed E-state index contributed by atoms with van der Waals surface area (Å²) in [5.74, 6) is 1.90. The highest BCUT2D eigenvalue weighted by Crippen LogP contribution is 2.29. The van der Waals surface area contributed by atoms with E-state index in [1.807, 2.05) is 7.11 Å². The average Bonchev–Trinajstić information content (AvgIpc) is 2.86. The van der Waals surface area contributed by atoms with Gasteiger partial charge in [0.05, 0.1) is 13.2 Å². The first kappa shape index (κ1) is 25.0. The smallest absolute Gasteiger partial charge is 0.122 e. The van der Waals surface area contributed by atoms with E-state index in [0.29, 0.717) is 6.61 Å². The molecule has 0 N–H and O–H groups in total. The van der Waals surface area contributed by atoms with Crippen molar-refractivity contribution in [1.29, 1.82) is 0 Å². The summed E-state index contributed by atoms with van der Waals surface area (Å²) in [6, 6.07) is 14.9. The first-order valence-electron chi connectivity index (χ1n) is 12.5. The molecule has 2 aromatic carbocycles. The first-order valence-corrected chi connectivity index (χ1v) is 12.5. The minimum atomic E-state index is -0.216. The lowest BCUT2D eigenvalue weighted by Gasteiger charge is -2.40. The van der Waals surface area contributed by atoms with Gasteiger partial charge in [-0.05, 0) is 56.0 Å². The van der Waals surface area contributed by atoms with E-state index in [4.69, 9.17) is 18.9 Å². The van der Waals surface area contributed by atoms with Crippen LogP contribution in [0.1, 0.15) is 29.5 Å². The van der Waals surface area contributed by atoms with Gasteiger partial charge in [-0.25, -0.2) is 0 Å². The predicted molar refractivity (Wildman–Crippen MR) is 135 cm³/mol. The highest BCUT2D eigenvalue weighted by Gasteiger charge is 2.35. The molecule has 0 aromatic heterocycles. The molecule has 4 rings (SSSR count). The van der Waals surface area contributed by atoms with Crippen LogP contribution in [-0.2, 0) is 16.0 Å². The maximum absolute atomic E-state index is 6.20. The van der Waals surface area contributed by atoms with Crippen molar-refractivity contribution in [2.24, 2.45) is 0 Å². The molecular formula is C28H40N2O4. The van der Waals surface area contributed by atoms with Crippen LogP contribution in [0.5, 0.6) is 11.5 Å². The van der Waals surface area contributed by atoms with E-state index in [0.717, 1.165) is 83.4 Å². The van der Waals surface area contributed by atoms with Crippen LogP contribution < -0.4 is 9.47 Å². The second-order valence-electron chi connectivity index (χ2n) is 9.67. The highest BCUT2D eigenvalue weighted by molar-refractivity contribution is 5.35. The quantitative estimate of drug-likeness (QED) is 0.524. The van der Waals surface area contributed by atoms with Gasteiger partial charge >= 0.3 is 0 Å². The Hall–Kier alpha value is -2.12. The predicted octanol–water partition coefficient (Wildman–Crippen LogP) is 4.07. The molecule has 0 bridgehead atoms. The summed E-state index contributed by atoms with van der Waals surface area (Å²) in [7, 11) is 1.82. The van der Waals surface area contributed by atoms with Crippen LogP contribution in [0.3, 0.4) is 0 Å². The standard InChI is InChI=1S/C28H40N2O4/c1-23-4-9-27(24(2)20-23)34-22-28(31-3)10-12-30(13-11-28)21-25-5-7-26(8-6-25)33-19-16-29-14-17-32-18-15-29/h4-9,20H,10-19,21-22H2,1-3H3. The molecule has 0 atom stereocenters. The second kappa shape index (κ2) is 12.0. The van der Waals surface area contributed by atoms with Gasteiger partial charge in [0.1, 0.15) is 30.3 Å². The molecule has 0 aliphatic carbocycles. The lowest BCUT2D eigenvalue weighted by molar-refractivity contribution is -0.0840. The number of likely N-dealkylation sites (tertiary alicyclic amines) is 1. The third-order valence-electron chi connectivity index (χ3n) is 7.13. The Bertz CT molecular complexity index is 888. The Balaban J connectivity index is 1.20. The largest absolute Gasteiger partial charge is 0.492 e. The fourth-order valence-electron chi connectivity index (χ4n) is 4.76. The molecule has 2 aliphatic heterocycles. The molecular weight excluding hydrogens is 428 g/mol.